The van der Waals surface area contributed by atoms with Crippen molar-refractivity contribution in [1.29, 1.82) is 0 Å². The fraction of sp³-hybridized carbons (Fsp3) is 0.273. The zero-order valence-electron chi connectivity index (χ0n) is 23.3. The number of aryl methyl sites for hydroxylation is 2. The molecule has 7 heteroatoms. The van der Waals surface area contributed by atoms with Gasteiger partial charge in [0.2, 0.25) is 5.91 Å². The fourth-order valence-electron chi connectivity index (χ4n) is 4.96. The van der Waals surface area contributed by atoms with Gasteiger partial charge in [-0.15, -0.1) is 10.2 Å². The number of rotatable bonds is 7. The van der Waals surface area contributed by atoms with E-state index in [-0.39, 0.29) is 24.4 Å². The smallest absolute Gasteiger partial charge is 0.254 e. The zero-order valence-corrected chi connectivity index (χ0v) is 23.3. The number of carbonyl (C=O) groups is 2. The van der Waals surface area contributed by atoms with Crippen LogP contribution in [0.4, 0.5) is 5.82 Å². The highest BCUT2D eigenvalue weighted by atomic mass is 16.2. The average molecular weight is 534 g/mol. The number of piperazine rings is 1. The van der Waals surface area contributed by atoms with Crippen molar-refractivity contribution in [1.82, 2.24) is 20.0 Å². The predicted octanol–water partition coefficient (Wildman–Crippen LogP) is 5.31. The van der Waals surface area contributed by atoms with Crippen LogP contribution in [0.3, 0.4) is 0 Å². The molecule has 1 aliphatic rings. The van der Waals surface area contributed by atoms with E-state index in [0.717, 1.165) is 28.2 Å². The zero-order chi connectivity index (χ0) is 28.1. The van der Waals surface area contributed by atoms with E-state index in [2.05, 4.69) is 46.3 Å². The van der Waals surface area contributed by atoms with Crippen molar-refractivity contribution in [2.24, 2.45) is 0 Å². The maximum absolute atomic E-state index is 13.6. The lowest BCUT2D eigenvalue weighted by Gasteiger charge is -2.37. The second-order valence-electron chi connectivity index (χ2n) is 10.4. The topological polar surface area (TPSA) is 69.6 Å². The summed E-state index contributed by atoms with van der Waals surface area (Å²) >= 11 is 0. The number of benzene rings is 3. The lowest BCUT2D eigenvalue weighted by Crippen LogP contribution is -2.52. The minimum atomic E-state index is -0.248. The van der Waals surface area contributed by atoms with Gasteiger partial charge in [0.15, 0.2) is 5.82 Å². The first-order chi connectivity index (χ1) is 19.4. The molecule has 2 heterocycles. The Morgan fingerprint density at radius 2 is 1.40 bits per heavy atom. The molecular weight excluding hydrogens is 498 g/mol. The van der Waals surface area contributed by atoms with Crippen molar-refractivity contribution in [3.63, 3.8) is 0 Å². The Kier molecular flexibility index (Phi) is 8.20. The molecule has 2 amide bonds. The lowest BCUT2D eigenvalue weighted by molar-refractivity contribution is -0.132. The Labute approximate surface area is 236 Å². The van der Waals surface area contributed by atoms with Crippen LogP contribution in [0.1, 0.15) is 40.0 Å². The van der Waals surface area contributed by atoms with Crippen LogP contribution in [0.15, 0.2) is 91.0 Å². The van der Waals surface area contributed by atoms with Gasteiger partial charge in [-0.25, -0.2) is 0 Å². The number of nitrogens with zero attached hydrogens (tertiary/aromatic N) is 5. The van der Waals surface area contributed by atoms with Crippen LogP contribution in [-0.2, 0) is 4.79 Å². The molecule has 4 aromatic rings. The number of carbonyl (C=O) groups excluding carboxylic acids is 2. The van der Waals surface area contributed by atoms with Gasteiger partial charge in [-0.2, -0.15) is 0 Å². The molecule has 1 aliphatic heterocycles. The van der Waals surface area contributed by atoms with Gasteiger partial charge in [0.1, 0.15) is 6.54 Å². The molecule has 1 saturated heterocycles. The van der Waals surface area contributed by atoms with Gasteiger partial charge in [-0.1, -0.05) is 77.9 Å². The summed E-state index contributed by atoms with van der Waals surface area (Å²) in [6.45, 7) is 8.49. The molecule has 7 nitrogen and oxygen atoms in total. The maximum atomic E-state index is 13.6. The van der Waals surface area contributed by atoms with Crippen LogP contribution >= 0.6 is 0 Å². The predicted molar refractivity (Wildman–Crippen MR) is 158 cm³/mol. The quantitative estimate of drug-likeness (QED) is 0.322. The van der Waals surface area contributed by atoms with Crippen LogP contribution in [-0.4, -0.2) is 64.5 Å². The first-order valence-corrected chi connectivity index (χ1v) is 13.7. The summed E-state index contributed by atoms with van der Waals surface area (Å²) in [6, 6.07) is 29.3. The van der Waals surface area contributed by atoms with Gasteiger partial charge in [0, 0.05) is 37.3 Å². The van der Waals surface area contributed by atoms with Crippen LogP contribution in [0.5, 0.6) is 0 Å². The minimum absolute atomic E-state index is 0.0216. The Morgan fingerprint density at radius 3 is 2.00 bits per heavy atom. The van der Waals surface area contributed by atoms with Crippen molar-refractivity contribution in [2.45, 2.75) is 26.8 Å². The van der Waals surface area contributed by atoms with E-state index in [0.29, 0.717) is 31.7 Å². The summed E-state index contributed by atoms with van der Waals surface area (Å²) in [6.07, 6.45) is 0. The Balaban J connectivity index is 1.24. The van der Waals surface area contributed by atoms with E-state index >= 15 is 0 Å². The second-order valence-corrected chi connectivity index (χ2v) is 10.4. The number of anilines is 1. The van der Waals surface area contributed by atoms with Crippen LogP contribution < -0.4 is 4.90 Å². The summed E-state index contributed by atoms with van der Waals surface area (Å²) in [5.41, 5.74) is 5.74. The van der Waals surface area contributed by atoms with E-state index < -0.39 is 0 Å². The Hall–Kier alpha value is -4.52. The summed E-state index contributed by atoms with van der Waals surface area (Å²) < 4.78 is 0. The molecule has 5 rings (SSSR count). The van der Waals surface area contributed by atoms with Crippen molar-refractivity contribution in [3.05, 3.63) is 113 Å². The van der Waals surface area contributed by atoms with Gasteiger partial charge in [0.25, 0.3) is 5.91 Å². The first kappa shape index (κ1) is 27.1. The monoisotopic (exact) mass is 533 g/mol. The third-order valence-electron chi connectivity index (χ3n) is 7.57. The normalized spacial score (nSPS) is 14.1. The molecule has 0 saturated carbocycles. The van der Waals surface area contributed by atoms with Crippen LogP contribution in [0.2, 0.25) is 0 Å². The Morgan fingerprint density at radius 1 is 0.775 bits per heavy atom. The molecule has 1 aromatic heterocycles. The van der Waals surface area contributed by atoms with Crippen molar-refractivity contribution in [3.8, 4) is 11.3 Å². The summed E-state index contributed by atoms with van der Waals surface area (Å²) in [4.78, 5) is 32.8. The fourth-order valence-corrected chi connectivity index (χ4v) is 4.96. The number of amides is 2. The number of hydrogen-bond acceptors (Lipinski definition) is 5. The van der Waals surface area contributed by atoms with Gasteiger partial charge in [-0.05, 0) is 50.6 Å². The van der Waals surface area contributed by atoms with E-state index in [9.17, 15) is 9.59 Å². The van der Waals surface area contributed by atoms with Crippen molar-refractivity contribution < 1.29 is 9.59 Å². The van der Waals surface area contributed by atoms with Crippen LogP contribution in [0.25, 0.3) is 11.3 Å². The molecule has 40 heavy (non-hydrogen) atoms. The molecular formula is C33H35N5O2. The van der Waals surface area contributed by atoms with E-state index in [1.54, 1.807) is 4.90 Å². The largest absolute Gasteiger partial charge is 0.352 e. The maximum Gasteiger partial charge on any atom is 0.254 e. The first-order valence-electron chi connectivity index (χ1n) is 13.7. The molecule has 0 spiro atoms. The SMILES string of the molecule is Cc1ccc(C(=O)N(CC(=O)N2CCN(c3ccc(-c4ccc(C)cc4)nn3)CC2)[C@@H](C)c2ccccc2)cc1. The molecule has 3 aromatic carbocycles. The molecule has 0 aliphatic carbocycles. The number of aromatic nitrogens is 2. The third-order valence-corrected chi connectivity index (χ3v) is 7.57. The highest BCUT2D eigenvalue weighted by Gasteiger charge is 2.29. The molecule has 1 fully saturated rings. The molecule has 0 radical (unpaired) electrons. The second kappa shape index (κ2) is 12.1. The summed E-state index contributed by atoms with van der Waals surface area (Å²) in [5.74, 6) is 0.604. The molecule has 204 valence electrons. The lowest BCUT2D eigenvalue weighted by atomic mass is 10.0. The average Bonchev–Trinajstić information content (AvgIpc) is 3.00. The standard InChI is InChI=1S/C33H35N5O2/c1-24-9-13-28(14-10-24)30-17-18-31(35-34-30)36-19-21-37(22-20-36)32(39)23-38(26(3)27-7-5-4-6-8-27)33(40)29-15-11-25(2)12-16-29/h4-18,26H,19-23H2,1-3H3/t26-/m0/s1. The van der Waals surface area contributed by atoms with Crippen molar-refractivity contribution in [2.75, 3.05) is 37.6 Å². The molecule has 0 bridgehead atoms. The van der Waals surface area contributed by atoms with Crippen LogP contribution in [0, 0.1) is 13.8 Å². The molecule has 0 N–H and O–H groups in total. The highest BCUT2D eigenvalue weighted by molar-refractivity contribution is 5.97. The van der Waals surface area contributed by atoms with Gasteiger partial charge in [-0.3, -0.25) is 9.59 Å². The summed E-state index contributed by atoms with van der Waals surface area (Å²) in [5, 5.41) is 8.89. The van der Waals surface area contributed by atoms with Gasteiger partial charge < -0.3 is 14.7 Å². The van der Waals surface area contributed by atoms with Gasteiger partial charge >= 0.3 is 0 Å². The van der Waals surface area contributed by atoms with E-state index in [4.69, 9.17) is 0 Å². The number of hydrogen-bond donors (Lipinski definition) is 0. The third kappa shape index (κ3) is 6.20. The van der Waals surface area contributed by atoms with E-state index in [1.165, 1.54) is 5.56 Å². The van der Waals surface area contributed by atoms with Crippen molar-refractivity contribution >= 4 is 17.6 Å². The van der Waals surface area contributed by atoms with Gasteiger partial charge in [0.05, 0.1) is 11.7 Å². The summed E-state index contributed by atoms with van der Waals surface area (Å²) in [7, 11) is 0. The Bertz CT molecular complexity index is 1430. The molecule has 0 unspecified atom stereocenters. The minimum Gasteiger partial charge on any atom is -0.352 e. The van der Waals surface area contributed by atoms with E-state index in [1.807, 2.05) is 85.5 Å². The highest BCUT2D eigenvalue weighted by Crippen LogP contribution is 2.24. The molecule has 1 atom stereocenters.